The minimum absolute atomic E-state index is 0.0660. The molecule has 2 unspecified atom stereocenters. The van der Waals surface area contributed by atoms with Crippen molar-refractivity contribution in [2.24, 2.45) is 5.92 Å². The van der Waals surface area contributed by atoms with E-state index in [2.05, 4.69) is 29.8 Å². The van der Waals surface area contributed by atoms with Crippen LogP contribution in [0.25, 0.3) is 0 Å². The van der Waals surface area contributed by atoms with Gasteiger partial charge in [-0.1, -0.05) is 26.7 Å². The molecule has 0 spiro atoms. The van der Waals surface area contributed by atoms with Gasteiger partial charge in [-0.3, -0.25) is 9.59 Å². The fraction of sp³-hybridized carbons (Fsp3) is 0.909. The van der Waals surface area contributed by atoms with Crippen molar-refractivity contribution >= 4 is 11.8 Å². The molecular formula is C22H45N3O4. The first-order valence-electron chi connectivity index (χ1n) is 11.2. The molecule has 0 aromatic carbocycles. The van der Waals surface area contributed by atoms with Crippen molar-refractivity contribution in [3.63, 3.8) is 0 Å². The van der Waals surface area contributed by atoms with Crippen molar-refractivity contribution in [1.29, 1.82) is 0 Å². The van der Waals surface area contributed by atoms with E-state index in [-0.39, 0.29) is 36.4 Å². The molecule has 2 amide bonds. The van der Waals surface area contributed by atoms with Crippen LogP contribution in [0, 0.1) is 5.92 Å². The molecular weight excluding hydrogens is 370 g/mol. The average molecular weight is 416 g/mol. The number of carbonyl (C=O) groups excluding carboxylic acids is 2. The van der Waals surface area contributed by atoms with E-state index in [1.54, 1.807) is 7.11 Å². The molecule has 0 saturated heterocycles. The Morgan fingerprint density at radius 3 is 2.21 bits per heavy atom. The molecule has 0 bridgehead atoms. The summed E-state index contributed by atoms with van der Waals surface area (Å²) in [6.45, 7) is 9.46. The number of aliphatic hydroxyl groups excluding tert-OH is 1. The van der Waals surface area contributed by atoms with Crippen molar-refractivity contribution < 1.29 is 19.4 Å². The SMILES string of the molecule is COCC(CO)CCCCNC(=O)CC(CCCCC(=O)NC(C)C)NC(C)C. The Labute approximate surface area is 177 Å². The van der Waals surface area contributed by atoms with Crippen LogP contribution < -0.4 is 16.0 Å². The number of hydrogen-bond acceptors (Lipinski definition) is 5. The van der Waals surface area contributed by atoms with E-state index in [1.165, 1.54) is 0 Å². The summed E-state index contributed by atoms with van der Waals surface area (Å²) < 4.78 is 5.08. The molecule has 0 radical (unpaired) electrons. The second kappa shape index (κ2) is 17.7. The molecule has 4 N–H and O–H groups in total. The van der Waals surface area contributed by atoms with Gasteiger partial charge in [-0.25, -0.2) is 0 Å². The number of rotatable bonds is 18. The van der Waals surface area contributed by atoms with Crippen LogP contribution in [-0.4, -0.2) is 61.9 Å². The number of carbonyl (C=O) groups is 2. The minimum atomic E-state index is 0.0660. The normalized spacial score (nSPS) is 13.5. The fourth-order valence-corrected chi connectivity index (χ4v) is 3.33. The van der Waals surface area contributed by atoms with Gasteiger partial charge < -0.3 is 25.8 Å². The standard InChI is InChI=1S/C22H45N3O4/c1-17(2)24-20(11-6-7-12-21(27)25-18(3)4)14-22(28)23-13-9-8-10-19(15-26)16-29-5/h17-20,24,26H,6-16H2,1-5H3,(H,23,28)(H,25,27). The lowest BCUT2D eigenvalue weighted by Gasteiger charge is -2.21. The average Bonchev–Trinajstić information content (AvgIpc) is 2.62. The maximum Gasteiger partial charge on any atom is 0.221 e. The number of methoxy groups -OCH3 is 1. The van der Waals surface area contributed by atoms with Gasteiger partial charge in [0.25, 0.3) is 0 Å². The third-order valence-corrected chi connectivity index (χ3v) is 4.68. The van der Waals surface area contributed by atoms with Gasteiger partial charge in [-0.05, 0) is 39.5 Å². The lowest BCUT2D eigenvalue weighted by Crippen LogP contribution is -2.39. The molecule has 0 aromatic rings. The predicted octanol–water partition coefficient (Wildman–Crippen LogP) is 2.37. The van der Waals surface area contributed by atoms with E-state index in [9.17, 15) is 14.7 Å². The summed E-state index contributed by atoms with van der Waals surface area (Å²) in [5.41, 5.74) is 0. The third kappa shape index (κ3) is 17.4. The van der Waals surface area contributed by atoms with Crippen molar-refractivity contribution in [3.8, 4) is 0 Å². The van der Waals surface area contributed by atoms with Crippen LogP contribution in [0.1, 0.15) is 79.1 Å². The van der Waals surface area contributed by atoms with E-state index in [4.69, 9.17) is 4.74 Å². The van der Waals surface area contributed by atoms with Crippen LogP contribution in [0.5, 0.6) is 0 Å². The molecule has 172 valence electrons. The van der Waals surface area contributed by atoms with Crippen molar-refractivity contribution in [2.45, 2.75) is 97.2 Å². The van der Waals surface area contributed by atoms with E-state index in [0.29, 0.717) is 32.0 Å². The van der Waals surface area contributed by atoms with Gasteiger partial charge in [0, 0.05) is 57.1 Å². The first kappa shape index (κ1) is 27.8. The molecule has 7 nitrogen and oxygen atoms in total. The largest absolute Gasteiger partial charge is 0.396 e. The number of amides is 2. The topological polar surface area (TPSA) is 99.7 Å². The van der Waals surface area contributed by atoms with Crippen molar-refractivity contribution in [3.05, 3.63) is 0 Å². The molecule has 0 rings (SSSR count). The Bertz CT molecular complexity index is 430. The van der Waals surface area contributed by atoms with Gasteiger partial charge in [-0.15, -0.1) is 0 Å². The molecule has 0 saturated carbocycles. The van der Waals surface area contributed by atoms with E-state index >= 15 is 0 Å². The zero-order valence-electron chi connectivity index (χ0n) is 19.3. The van der Waals surface area contributed by atoms with Crippen molar-refractivity contribution in [2.75, 3.05) is 26.9 Å². The number of unbranched alkanes of at least 4 members (excludes halogenated alkanes) is 2. The monoisotopic (exact) mass is 415 g/mol. The highest BCUT2D eigenvalue weighted by Crippen LogP contribution is 2.10. The maximum atomic E-state index is 12.3. The second-order valence-electron chi connectivity index (χ2n) is 8.54. The lowest BCUT2D eigenvalue weighted by molar-refractivity contribution is -0.122. The number of hydrogen-bond donors (Lipinski definition) is 4. The Balaban J connectivity index is 4.06. The minimum Gasteiger partial charge on any atom is -0.396 e. The summed E-state index contributed by atoms with van der Waals surface area (Å²) >= 11 is 0. The summed E-state index contributed by atoms with van der Waals surface area (Å²) in [6, 6.07) is 0.618. The van der Waals surface area contributed by atoms with Crippen molar-refractivity contribution in [1.82, 2.24) is 16.0 Å². The molecule has 0 aromatic heterocycles. The number of nitrogens with one attached hydrogen (secondary N) is 3. The molecule has 29 heavy (non-hydrogen) atoms. The van der Waals surface area contributed by atoms with Crippen LogP contribution in [0.15, 0.2) is 0 Å². The van der Waals surface area contributed by atoms with Crippen LogP contribution >= 0.6 is 0 Å². The zero-order chi connectivity index (χ0) is 22.1. The molecule has 2 atom stereocenters. The lowest BCUT2D eigenvalue weighted by atomic mass is 10.0. The maximum absolute atomic E-state index is 12.3. The molecule has 0 heterocycles. The first-order valence-corrected chi connectivity index (χ1v) is 11.2. The second-order valence-corrected chi connectivity index (χ2v) is 8.54. The quantitative estimate of drug-likeness (QED) is 0.258. The van der Waals surface area contributed by atoms with Gasteiger partial charge >= 0.3 is 0 Å². The highest BCUT2D eigenvalue weighted by Gasteiger charge is 2.15. The van der Waals surface area contributed by atoms with Crippen LogP contribution in [0.2, 0.25) is 0 Å². The summed E-state index contributed by atoms with van der Waals surface area (Å²) in [6.07, 6.45) is 6.41. The first-order chi connectivity index (χ1) is 13.8. The van der Waals surface area contributed by atoms with E-state index < -0.39 is 0 Å². The van der Waals surface area contributed by atoms with Gasteiger partial charge in [0.05, 0.1) is 6.61 Å². The van der Waals surface area contributed by atoms with E-state index in [0.717, 1.165) is 38.5 Å². The molecule has 0 aliphatic heterocycles. The van der Waals surface area contributed by atoms with Crippen LogP contribution in [-0.2, 0) is 14.3 Å². The summed E-state index contributed by atoms with van der Waals surface area (Å²) in [5.74, 6) is 0.342. The molecule has 0 fully saturated rings. The Morgan fingerprint density at radius 1 is 0.931 bits per heavy atom. The molecule has 0 aliphatic rings. The van der Waals surface area contributed by atoms with E-state index in [1.807, 2.05) is 13.8 Å². The Kier molecular flexibility index (Phi) is 16.9. The molecule has 0 aliphatic carbocycles. The zero-order valence-corrected chi connectivity index (χ0v) is 19.3. The highest BCUT2D eigenvalue weighted by molar-refractivity contribution is 5.76. The summed E-state index contributed by atoms with van der Waals surface area (Å²) in [4.78, 5) is 24.0. The predicted molar refractivity (Wildman–Crippen MR) is 118 cm³/mol. The highest BCUT2D eigenvalue weighted by atomic mass is 16.5. The van der Waals surface area contributed by atoms with Gasteiger partial charge in [0.2, 0.25) is 11.8 Å². The fourth-order valence-electron chi connectivity index (χ4n) is 3.33. The number of ether oxygens (including phenoxy) is 1. The number of aliphatic hydroxyl groups is 1. The van der Waals surface area contributed by atoms with Crippen LogP contribution in [0.3, 0.4) is 0 Å². The summed E-state index contributed by atoms with van der Waals surface area (Å²) in [5, 5.41) is 18.6. The summed E-state index contributed by atoms with van der Waals surface area (Å²) in [7, 11) is 1.64. The Morgan fingerprint density at radius 2 is 1.62 bits per heavy atom. The van der Waals surface area contributed by atoms with Gasteiger partial charge in [0.1, 0.15) is 0 Å². The van der Waals surface area contributed by atoms with Crippen LogP contribution in [0.4, 0.5) is 0 Å². The molecule has 7 heteroatoms. The third-order valence-electron chi connectivity index (χ3n) is 4.68. The van der Waals surface area contributed by atoms with Gasteiger partial charge in [0.15, 0.2) is 0 Å². The van der Waals surface area contributed by atoms with Gasteiger partial charge in [-0.2, -0.15) is 0 Å². The Hall–Kier alpha value is -1.18. The smallest absolute Gasteiger partial charge is 0.221 e.